The van der Waals surface area contributed by atoms with Gasteiger partial charge in [0.25, 0.3) is 0 Å². The summed E-state index contributed by atoms with van der Waals surface area (Å²) in [7, 11) is 0. The molecule has 0 aliphatic heterocycles. The predicted molar refractivity (Wildman–Crippen MR) is 60.3 cm³/mol. The summed E-state index contributed by atoms with van der Waals surface area (Å²) in [6, 6.07) is 8.10. The average Bonchev–Trinajstić information content (AvgIpc) is 2.83. The molecule has 3 rings (SSSR count). The summed E-state index contributed by atoms with van der Waals surface area (Å²) in [5, 5.41) is 7.97. The molecular formula is C11H10N4. The van der Waals surface area contributed by atoms with Crippen molar-refractivity contribution in [3.8, 4) is 11.3 Å². The fraction of sp³-hybridized carbons (Fsp3) is 0. The van der Waals surface area contributed by atoms with E-state index in [1.54, 1.807) is 6.20 Å². The number of hydrogen-bond donors (Lipinski definition) is 3. The molecule has 2 aromatic heterocycles. The average molecular weight is 198 g/mol. The van der Waals surface area contributed by atoms with Crippen LogP contribution in [0.1, 0.15) is 0 Å². The standard InChI is InChI=1S/C11H10N4/c12-9-6-14-15-11(9)8-5-13-10-4-2-1-3-7(8)10/h1-6,13H,12H2,(H,14,15). The Morgan fingerprint density at radius 2 is 2.07 bits per heavy atom. The van der Waals surface area contributed by atoms with Gasteiger partial charge in [-0.2, -0.15) is 5.10 Å². The number of aromatic nitrogens is 3. The van der Waals surface area contributed by atoms with Crippen molar-refractivity contribution in [1.29, 1.82) is 0 Å². The number of fused-ring (bicyclic) bond motifs is 1. The maximum atomic E-state index is 5.82. The van der Waals surface area contributed by atoms with Crippen LogP contribution in [-0.2, 0) is 0 Å². The maximum absolute atomic E-state index is 5.82. The van der Waals surface area contributed by atoms with Gasteiger partial charge in [0.2, 0.25) is 0 Å². The minimum absolute atomic E-state index is 0.666. The first-order valence-corrected chi connectivity index (χ1v) is 4.71. The maximum Gasteiger partial charge on any atom is 0.0901 e. The summed E-state index contributed by atoms with van der Waals surface area (Å²) < 4.78 is 0. The van der Waals surface area contributed by atoms with Crippen LogP contribution in [0.2, 0.25) is 0 Å². The number of H-pyrrole nitrogens is 2. The first kappa shape index (κ1) is 8.11. The fourth-order valence-electron chi connectivity index (χ4n) is 1.79. The van der Waals surface area contributed by atoms with Crippen LogP contribution in [0.5, 0.6) is 0 Å². The Balaban J connectivity index is 2.32. The Morgan fingerprint density at radius 1 is 1.20 bits per heavy atom. The number of rotatable bonds is 1. The molecule has 0 aliphatic carbocycles. The molecule has 0 radical (unpaired) electrons. The number of anilines is 1. The van der Waals surface area contributed by atoms with Gasteiger partial charge in [-0.25, -0.2) is 0 Å². The van der Waals surface area contributed by atoms with Crippen LogP contribution in [0.25, 0.3) is 22.2 Å². The lowest BCUT2D eigenvalue weighted by atomic mass is 10.1. The molecule has 4 heteroatoms. The van der Waals surface area contributed by atoms with Crippen molar-refractivity contribution in [3.63, 3.8) is 0 Å². The van der Waals surface area contributed by atoms with Crippen molar-refractivity contribution in [2.24, 2.45) is 0 Å². The van der Waals surface area contributed by atoms with Gasteiger partial charge in [0, 0.05) is 22.7 Å². The summed E-state index contributed by atoms with van der Waals surface area (Å²) >= 11 is 0. The zero-order valence-corrected chi connectivity index (χ0v) is 7.99. The lowest BCUT2D eigenvalue weighted by molar-refractivity contribution is 1.10. The number of aromatic amines is 2. The number of benzene rings is 1. The molecule has 0 unspecified atom stereocenters. The molecule has 0 amide bonds. The summed E-state index contributed by atoms with van der Waals surface area (Å²) in [5.41, 5.74) is 9.50. The molecule has 0 atom stereocenters. The molecule has 0 aliphatic rings. The Hall–Kier alpha value is -2.23. The second-order valence-electron chi connectivity index (χ2n) is 3.45. The largest absolute Gasteiger partial charge is 0.396 e. The monoisotopic (exact) mass is 198 g/mol. The minimum atomic E-state index is 0.666. The molecule has 3 aromatic rings. The van der Waals surface area contributed by atoms with Gasteiger partial charge in [-0.05, 0) is 6.07 Å². The normalized spacial score (nSPS) is 10.9. The Bertz CT molecular complexity index is 606. The SMILES string of the molecule is Nc1cn[nH]c1-c1c[nH]c2ccccc12. The van der Waals surface area contributed by atoms with E-state index in [4.69, 9.17) is 5.73 Å². The summed E-state index contributed by atoms with van der Waals surface area (Å²) in [6.45, 7) is 0. The van der Waals surface area contributed by atoms with E-state index < -0.39 is 0 Å². The lowest BCUT2D eigenvalue weighted by Crippen LogP contribution is -1.85. The van der Waals surface area contributed by atoms with Gasteiger partial charge >= 0.3 is 0 Å². The van der Waals surface area contributed by atoms with Crippen LogP contribution in [0.4, 0.5) is 5.69 Å². The lowest BCUT2D eigenvalue weighted by Gasteiger charge is -1.96. The van der Waals surface area contributed by atoms with E-state index >= 15 is 0 Å². The molecule has 0 spiro atoms. The highest BCUT2D eigenvalue weighted by Crippen LogP contribution is 2.29. The molecule has 0 saturated carbocycles. The molecule has 0 fully saturated rings. The van der Waals surface area contributed by atoms with Gasteiger partial charge in [-0.3, -0.25) is 5.10 Å². The highest BCUT2D eigenvalue weighted by Gasteiger charge is 2.09. The molecule has 74 valence electrons. The molecule has 1 aromatic carbocycles. The molecule has 4 nitrogen and oxygen atoms in total. The van der Waals surface area contributed by atoms with E-state index in [1.807, 2.05) is 24.4 Å². The van der Waals surface area contributed by atoms with Gasteiger partial charge < -0.3 is 10.7 Å². The van der Waals surface area contributed by atoms with Crippen LogP contribution in [0.15, 0.2) is 36.7 Å². The van der Waals surface area contributed by atoms with Crippen LogP contribution >= 0.6 is 0 Å². The number of nitrogen functional groups attached to an aromatic ring is 1. The Morgan fingerprint density at radius 3 is 2.87 bits per heavy atom. The van der Waals surface area contributed by atoms with Crippen LogP contribution in [0.3, 0.4) is 0 Å². The molecule has 0 saturated heterocycles. The van der Waals surface area contributed by atoms with E-state index in [2.05, 4.69) is 21.2 Å². The third kappa shape index (κ3) is 1.11. The van der Waals surface area contributed by atoms with Gasteiger partial charge in [-0.15, -0.1) is 0 Å². The number of nitrogens with two attached hydrogens (primary N) is 1. The third-order valence-electron chi connectivity index (χ3n) is 2.53. The second-order valence-corrected chi connectivity index (χ2v) is 3.45. The third-order valence-corrected chi connectivity index (χ3v) is 2.53. The van der Waals surface area contributed by atoms with Crippen molar-refractivity contribution < 1.29 is 0 Å². The Kier molecular flexibility index (Phi) is 1.56. The van der Waals surface area contributed by atoms with E-state index in [-0.39, 0.29) is 0 Å². The van der Waals surface area contributed by atoms with Crippen LogP contribution in [0, 0.1) is 0 Å². The van der Waals surface area contributed by atoms with Gasteiger partial charge in [-0.1, -0.05) is 18.2 Å². The number of nitrogens with zero attached hydrogens (tertiary/aromatic N) is 1. The van der Waals surface area contributed by atoms with Gasteiger partial charge in [0.15, 0.2) is 0 Å². The fourth-order valence-corrected chi connectivity index (χ4v) is 1.79. The highest BCUT2D eigenvalue weighted by molar-refractivity contribution is 5.96. The zero-order chi connectivity index (χ0) is 10.3. The van der Waals surface area contributed by atoms with E-state index in [0.717, 1.165) is 22.2 Å². The minimum Gasteiger partial charge on any atom is -0.396 e. The van der Waals surface area contributed by atoms with Crippen molar-refractivity contribution in [2.45, 2.75) is 0 Å². The van der Waals surface area contributed by atoms with E-state index in [0.29, 0.717) is 5.69 Å². The molecule has 2 heterocycles. The predicted octanol–water partition coefficient (Wildman–Crippen LogP) is 2.14. The zero-order valence-electron chi connectivity index (χ0n) is 7.99. The quantitative estimate of drug-likeness (QED) is 0.560. The molecule has 4 N–H and O–H groups in total. The summed E-state index contributed by atoms with van der Waals surface area (Å²) in [6.07, 6.45) is 3.56. The first-order valence-electron chi connectivity index (χ1n) is 4.71. The number of hydrogen-bond acceptors (Lipinski definition) is 2. The molecule has 0 bridgehead atoms. The smallest absolute Gasteiger partial charge is 0.0901 e. The van der Waals surface area contributed by atoms with Crippen LogP contribution < -0.4 is 5.73 Å². The Labute approximate surface area is 86.1 Å². The van der Waals surface area contributed by atoms with Gasteiger partial charge in [0.05, 0.1) is 17.6 Å². The summed E-state index contributed by atoms with van der Waals surface area (Å²) in [4.78, 5) is 3.20. The van der Waals surface area contributed by atoms with Crippen molar-refractivity contribution in [1.82, 2.24) is 15.2 Å². The number of nitrogens with one attached hydrogen (secondary N) is 2. The second kappa shape index (κ2) is 2.88. The molecular weight excluding hydrogens is 188 g/mol. The van der Waals surface area contributed by atoms with E-state index in [1.165, 1.54) is 0 Å². The van der Waals surface area contributed by atoms with Crippen LogP contribution in [-0.4, -0.2) is 15.2 Å². The van der Waals surface area contributed by atoms with Crippen molar-refractivity contribution in [3.05, 3.63) is 36.7 Å². The van der Waals surface area contributed by atoms with E-state index in [9.17, 15) is 0 Å². The molecule has 15 heavy (non-hydrogen) atoms. The van der Waals surface area contributed by atoms with Crippen molar-refractivity contribution >= 4 is 16.6 Å². The van der Waals surface area contributed by atoms with Gasteiger partial charge in [0.1, 0.15) is 0 Å². The first-order chi connectivity index (χ1) is 7.36. The van der Waals surface area contributed by atoms with Crippen molar-refractivity contribution in [2.75, 3.05) is 5.73 Å². The highest BCUT2D eigenvalue weighted by atomic mass is 15.1. The summed E-state index contributed by atoms with van der Waals surface area (Å²) in [5.74, 6) is 0. The topological polar surface area (TPSA) is 70.5 Å². The number of para-hydroxylation sites is 1.